The van der Waals surface area contributed by atoms with Gasteiger partial charge in [0.25, 0.3) is 10.0 Å². The second kappa shape index (κ2) is 6.98. The number of nitrogens with zero attached hydrogens (tertiary/aromatic N) is 1. The van der Waals surface area contributed by atoms with Crippen LogP contribution < -0.4 is 9.62 Å². The fourth-order valence-corrected chi connectivity index (χ4v) is 4.53. The zero-order valence-electron chi connectivity index (χ0n) is 15.1. The van der Waals surface area contributed by atoms with Crippen molar-refractivity contribution in [3.05, 3.63) is 53.6 Å². The van der Waals surface area contributed by atoms with Crippen LogP contribution in [0.3, 0.4) is 0 Å². The topological polar surface area (TPSA) is 75.7 Å². The number of benzene rings is 2. The molecule has 1 aliphatic carbocycles. The highest BCUT2D eigenvalue weighted by molar-refractivity contribution is 7.92. The molecule has 6 nitrogen and oxygen atoms in total. The largest absolute Gasteiger partial charge is 0.380 e. The lowest BCUT2D eigenvalue weighted by atomic mass is 10.2. The van der Waals surface area contributed by atoms with E-state index < -0.39 is 10.0 Å². The second-order valence-electron chi connectivity index (χ2n) is 7.04. The van der Waals surface area contributed by atoms with Crippen molar-refractivity contribution in [3.8, 4) is 0 Å². The third-order valence-electron chi connectivity index (χ3n) is 4.94. The van der Waals surface area contributed by atoms with Crippen LogP contribution in [0.5, 0.6) is 0 Å². The van der Waals surface area contributed by atoms with Gasteiger partial charge in [-0.25, -0.2) is 8.42 Å². The lowest BCUT2D eigenvalue weighted by Crippen LogP contribution is -2.30. The number of ether oxygens (including phenoxy) is 1. The molecule has 0 bridgehead atoms. The van der Waals surface area contributed by atoms with Crippen molar-refractivity contribution in [1.29, 1.82) is 0 Å². The van der Waals surface area contributed by atoms with Gasteiger partial charge in [-0.15, -0.1) is 0 Å². The second-order valence-corrected chi connectivity index (χ2v) is 8.73. The van der Waals surface area contributed by atoms with Gasteiger partial charge in [0.15, 0.2) is 0 Å². The van der Waals surface area contributed by atoms with Crippen LogP contribution in [-0.2, 0) is 32.6 Å². The molecule has 142 valence electrons. The predicted octanol–water partition coefficient (Wildman–Crippen LogP) is 2.93. The first kappa shape index (κ1) is 18.0. The Balaban J connectivity index is 1.56. The lowest BCUT2D eigenvalue weighted by molar-refractivity contribution is -0.119. The fraction of sp³-hybridized carbons (Fsp3) is 0.350. The van der Waals surface area contributed by atoms with Gasteiger partial charge < -0.3 is 9.64 Å². The Hall–Kier alpha value is -2.38. The van der Waals surface area contributed by atoms with Crippen LogP contribution in [0.25, 0.3) is 0 Å². The Bertz CT molecular complexity index is 983. The fourth-order valence-electron chi connectivity index (χ4n) is 3.43. The first-order chi connectivity index (χ1) is 13.0. The van der Waals surface area contributed by atoms with Gasteiger partial charge in [-0.3, -0.25) is 9.52 Å². The molecule has 1 amide bonds. The molecule has 0 atom stereocenters. The molecule has 1 aliphatic heterocycles. The van der Waals surface area contributed by atoms with E-state index in [2.05, 4.69) is 4.72 Å². The molecule has 1 saturated carbocycles. The number of fused-ring (bicyclic) bond motifs is 1. The van der Waals surface area contributed by atoms with Gasteiger partial charge in [-0.2, -0.15) is 0 Å². The molecule has 2 aliphatic rings. The standard InChI is InChI=1S/C20H22N2O4S/c1-26-13-14-3-2-4-17(11-14)21-27(24,25)18-7-8-19-16(12-18)9-10-22(19)20(23)15-5-6-15/h2-4,7-8,11-12,15,21H,5-6,9-10,13H2,1H3. The molecule has 0 aromatic heterocycles. The maximum absolute atomic E-state index is 12.8. The van der Waals surface area contributed by atoms with Gasteiger partial charge in [-0.05, 0) is 60.7 Å². The van der Waals surface area contributed by atoms with Crippen LogP contribution in [0.1, 0.15) is 24.0 Å². The van der Waals surface area contributed by atoms with Crippen molar-refractivity contribution in [2.24, 2.45) is 5.92 Å². The minimum atomic E-state index is -3.70. The third-order valence-corrected chi connectivity index (χ3v) is 6.32. The number of nitrogens with one attached hydrogen (secondary N) is 1. The SMILES string of the molecule is COCc1cccc(NS(=O)(=O)c2ccc3c(c2)CCN3C(=O)C2CC2)c1. The van der Waals surface area contributed by atoms with Crippen molar-refractivity contribution in [2.45, 2.75) is 30.8 Å². The number of rotatable bonds is 6. The summed E-state index contributed by atoms with van der Waals surface area (Å²) in [5, 5.41) is 0. The van der Waals surface area contributed by atoms with Gasteiger partial charge in [0.05, 0.1) is 11.5 Å². The highest BCUT2D eigenvalue weighted by Crippen LogP contribution is 2.37. The van der Waals surface area contributed by atoms with Crippen LogP contribution in [0.4, 0.5) is 11.4 Å². The smallest absolute Gasteiger partial charge is 0.261 e. The number of carbonyl (C=O) groups is 1. The maximum atomic E-state index is 12.8. The minimum absolute atomic E-state index is 0.153. The van der Waals surface area contributed by atoms with Crippen molar-refractivity contribution < 1.29 is 17.9 Å². The van der Waals surface area contributed by atoms with Crippen molar-refractivity contribution >= 4 is 27.3 Å². The molecule has 0 spiro atoms. The van der Waals surface area contributed by atoms with Gasteiger partial charge in [0.2, 0.25) is 5.91 Å². The number of hydrogen-bond acceptors (Lipinski definition) is 4. The Morgan fingerprint density at radius 1 is 1.22 bits per heavy atom. The third kappa shape index (κ3) is 3.70. The van der Waals surface area contributed by atoms with Crippen LogP contribution >= 0.6 is 0 Å². The molecule has 0 saturated heterocycles. The van der Waals surface area contributed by atoms with Gasteiger partial charge in [0, 0.05) is 30.9 Å². The highest BCUT2D eigenvalue weighted by atomic mass is 32.2. The summed E-state index contributed by atoms with van der Waals surface area (Å²) in [6.07, 6.45) is 2.60. The summed E-state index contributed by atoms with van der Waals surface area (Å²) in [5.41, 5.74) is 3.13. The van der Waals surface area contributed by atoms with Crippen LogP contribution in [0.15, 0.2) is 47.4 Å². The molecule has 4 rings (SSSR count). The highest BCUT2D eigenvalue weighted by Gasteiger charge is 2.36. The average molecular weight is 386 g/mol. The van der Waals surface area contributed by atoms with E-state index in [4.69, 9.17) is 4.74 Å². The molecular formula is C20H22N2O4S. The first-order valence-electron chi connectivity index (χ1n) is 9.03. The van der Waals surface area contributed by atoms with Gasteiger partial charge >= 0.3 is 0 Å². The quantitative estimate of drug-likeness (QED) is 0.828. The van der Waals surface area contributed by atoms with E-state index in [9.17, 15) is 13.2 Å². The summed E-state index contributed by atoms with van der Waals surface area (Å²) in [6.45, 7) is 1.04. The average Bonchev–Trinajstić information content (AvgIpc) is 3.40. The zero-order valence-corrected chi connectivity index (χ0v) is 16.0. The molecule has 1 N–H and O–H groups in total. The van der Waals surface area contributed by atoms with Crippen molar-refractivity contribution in [1.82, 2.24) is 0 Å². The summed E-state index contributed by atoms with van der Waals surface area (Å²) in [6, 6.07) is 12.1. The molecular weight excluding hydrogens is 364 g/mol. The van der Waals surface area contributed by atoms with Crippen LogP contribution in [0, 0.1) is 5.92 Å². The number of anilines is 2. The zero-order chi connectivity index (χ0) is 19.0. The normalized spacial score (nSPS) is 16.3. The van der Waals surface area contributed by atoms with Gasteiger partial charge in [-0.1, -0.05) is 12.1 Å². The van der Waals surface area contributed by atoms with Crippen LogP contribution in [0.2, 0.25) is 0 Å². The lowest BCUT2D eigenvalue weighted by Gasteiger charge is -2.17. The van der Waals surface area contributed by atoms with E-state index in [0.717, 1.165) is 29.7 Å². The molecule has 27 heavy (non-hydrogen) atoms. The molecule has 2 aromatic carbocycles. The van der Waals surface area contributed by atoms with E-state index in [1.807, 2.05) is 6.07 Å². The maximum Gasteiger partial charge on any atom is 0.261 e. The molecule has 1 heterocycles. The van der Waals surface area contributed by atoms with E-state index in [1.165, 1.54) is 0 Å². The van der Waals surface area contributed by atoms with Gasteiger partial charge in [0.1, 0.15) is 0 Å². The number of sulfonamides is 1. The molecule has 1 fully saturated rings. The summed E-state index contributed by atoms with van der Waals surface area (Å²) in [4.78, 5) is 14.4. The molecule has 0 unspecified atom stereocenters. The van der Waals surface area contributed by atoms with E-state index in [-0.39, 0.29) is 16.7 Å². The Kier molecular flexibility index (Phi) is 4.65. The van der Waals surface area contributed by atoms with Crippen molar-refractivity contribution in [3.63, 3.8) is 0 Å². The molecule has 2 aromatic rings. The van der Waals surface area contributed by atoms with Crippen LogP contribution in [-0.4, -0.2) is 28.0 Å². The summed E-state index contributed by atoms with van der Waals surface area (Å²) >= 11 is 0. The number of carbonyl (C=O) groups excluding carboxylic acids is 1. The van der Waals surface area contributed by atoms with E-state index in [0.29, 0.717) is 25.3 Å². The van der Waals surface area contributed by atoms with E-state index in [1.54, 1.807) is 48.4 Å². The summed E-state index contributed by atoms with van der Waals surface area (Å²) in [7, 11) is -2.11. The Morgan fingerprint density at radius 2 is 2.04 bits per heavy atom. The molecule has 0 radical (unpaired) electrons. The Labute approximate surface area is 159 Å². The molecule has 7 heteroatoms. The number of amides is 1. The monoisotopic (exact) mass is 386 g/mol. The van der Waals surface area contributed by atoms with Crippen molar-refractivity contribution in [2.75, 3.05) is 23.3 Å². The predicted molar refractivity (Wildman–Crippen MR) is 103 cm³/mol. The van der Waals surface area contributed by atoms with E-state index >= 15 is 0 Å². The first-order valence-corrected chi connectivity index (χ1v) is 10.5. The summed E-state index contributed by atoms with van der Waals surface area (Å²) in [5.74, 6) is 0.317. The Morgan fingerprint density at radius 3 is 2.78 bits per heavy atom. The summed E-state index contributed by atoms with van der Waals surface area (Å²) < 4.78 is 33.3. The minimum Gasteiger partial charge on any atom is -0.380 e. The number of methoxy groups -OCH3 is 1. The number of hydrogen-bond donors (Lipinski definition) is 1.